The van der Waals surface area contributed by atoms with Crippen LogP contribution >= 0.6 is 11.3 Å². The van der Waals surface area contributed by atoms with Gasteiger partial charge in [-0.05, 0) is 32.4 Å². The highest BCUT2D eigenvalue weighted by atomic mass is 32.1. The maximum atomic E-state index is 12.1. The van der Waals surface area contributed by atoms with E-state index >= 15 is 0 Å². The normalized spacial score (nSPS) is 18.5. The number of aromatic nitrogens is 2. The van der Waals surface area contributed by atoms with Gasteiger partial charge >= 0.3 is 5.97 Å². The van der Waals surface area contributed by atoms with Crippen molar-refractivity contribution < 1.29 is 9.53 Å². The predicted octanol–water partition coefficient (Wildman–Crippen LogP) is 2.68. The van der Waals surface area contributed by atoms with Crippen LogP contribution in [0.15, 0.2) is 6.33 Å². The van der Waals surface area contributed by atoms with Gasteiger partial charge in [-0.1, -0.05) is 6.92 Å². The molecule has 0 aliphatic carbocycles. The van der Waals surface area contributed by atoms with Gasteiger partial charge in [-0.3, -0.25) is 0 Å². The summed E-state index contributed by atoms with van der Waals surface area (Å²) in [6.45, 7) is 9.51. The van der Waals surface area contributed by atoms with Crippen molar-refractivity contribution in [3.8, 4) is 0 Å². The number of carbonyl (C=O) groups excluding carboxylic acids is 1. The molecule has 7 heteroatoms. The van der Waals surface area contributed by atoms with Crippen molar-refractivity contribution in [2.45, 2.75) is 33.2 Å². The van der Waals surface area contributed by atoms with Gasteiger partial charge in [0, 0.05) is 19.1 Å². The Balaban J connectivity index is 1.90. The van der Waals surface area contributed by atoms with Crippen LogP contribution in [0.25, 0.3) is 10.2 Å². The Morgan fingerprint density at radius 1 is 1.48 bits per heavy atom. The van der Waals surface area contributed by atoms with Crippen molar-refractivity contribution in [1.29, 1.82) is 0 Å². The fourth-order valence-electron chi connectivity index (χ4n) is 3.00. The first-order valence-electron chi connectivity index (χ1n) is 8.04. The highest BCUT2D eigenvalue weighted by molar-refractivity contribution is 7.20. The minimum Gasteiger partial charge on any atom is -0.462 e. The van der Waals surface area contributed by atoms with E-state index in [0.29, 0.717) is 17.5 Å². The number of ether oxygens (including phenoxy) is 1. The molecule has 0 bridgehead atoms. The van der Waals surface area contributed by atoms with Gasteiger partial charge in [0.15, 0.2) is 0 Å². The second-order valence-electron chi connectivity index (χ2n) is 5.70. The van der Waals surface area contributed by atoms with E-state index in [1.54, 1.807) is 6.33 Å². The number of fused-ring (bicyclic) bond motifs is 1. The zero-order valence-electron chi connectivity index (χ0n) is 13.8. The quantitative estimate of drug-likeness (QED) is 0.848. The minimum absolute atomic E-state index is 0.281. The molecule has 1 aliphatic heterocycles. The Hall–Kier alpha value is -1.73. The van der Waals surface area contributed by atoms with Crippen LogP contribution in [0.3, 0.4) is 0 Å². The summed E-state index contributed by atoms with van der Waals surface area (Å²) in [5.41, 5.74) is 0.900. The number of thiophene rings is 1. The zero-order valence-corrected chi connectivity index (χ0v) is 14.6. The van der Waals surface area contributed by atoms with E-state index in [-0.39, 0.29) is 5.97 Å². The molecule has 1 atom stereocenters. The van der Waals surface area contributed by atoms with Gasteiger partial charge in [-0.15, -0.1) is 11.3 Å². The molecule has 0 radical (unpaired) electrons. The SMILES string of the molecule is CCOC(=O)c1sc2ncnc(N[C@H]3CCN(CC)C3)c2c1C. The molecule has 0 unspecified atom stereocenters. The van der Waals surface area contributed by atoms with Crippen molar-refractivity contribution in [2.24, 2.45) is 0 Å². The lowest BCUT2D eigenvalue weighted by Gasteiger charge is -2.15. The van der Waals surface area contributed by atoms with Gasteiger partial charge < -0.3 is 15.0 Å². The van der Waals surface area contributed by atoms with Crippen LogP contribution in [0.4, 0.5) is 5.82 Å². The van der Waals surface area contributed by atoms with E-state index in [1.807, 2.05) is 13.8 Å². The first kappa shape index (κ1) is 16.1. The molecule has 0 saturated carbocycles. The van der Waals surface area contributed by atoms with Gasteiger partial charge in [0.05, 0.1) is 12.0 Å². The van der Waals surface area contributed by atoms with Gasteiger partial charge in [0.25, 0.3) is 0 Å². The van der Waals surface area contributed by atoms with Crippen LogP contribution in [-0.2, 0) is 4.74 Å². The maximum Gasteiger partial charge on any atom is 0.348 e. The number of carbonyl (C=O) groups is 1. The van der Waals surface area contributed by atoms with Gasteiger partial charge in [0.2, 0.25) is 0 Å². The van der Waals surface area contributed by atoms with Crippen molar-refractivity contribution >= 4 is 33.3 Å². The first-order chi connectivity index (χ1) is 11.1. The summed E-state index contributed by atoms with van der Waals surface area (Å²) in [4.78, 5) is 24.7. The van der Waals surface area contributed by atoms with Crippen LogP contribution in [0.2, 0.25) is 0 Å². The lowest BCUT2D eigenvalue weighted by atomic mass is 10.2. The number of esters is 1. The molecule has 2 aromatic heterocycles. The largest absolute Gasteiger partial charge is 0.462 e. The molecule has 1 aliphatic rings. The molecule has 2 aromatic rings. The molecular weight excluding hydrogens is 312 g/mol. The Kier molecular flexibility index (Phi) is 4.77. The summed E-state index contributed by atoms with van der Waals surface area (Å²) >= 11 is 1.37. The Morgan fingerprint density at radius 3 is 3.00 bits per heavy atom. The molecule has 23 heavy (non-hydrogen) atoms. The molecule has 0 aromatic carbocycles. The molecule has 3 rings (SSSR count). The topological polar surface area (TPSA) is 67.3 Å². The van der Waals surface area contributed by atoms with Crippen LogP contribution in [-0.4, -0.2) is 53.1 Å². The lowest BCUT2D eigenvalue weighted by molar-refractivity contribution is 0.0531. The van der Waals surface area contributed by atoms with E-state index in [0.717, 1.165) is 47.7 Å². The van der Waals surface area contributed by atoms with Gasteiger partial charge in [-0.2, -0.15) is 0 Å². The molecule has 6 nitrogen and oxygen atoms in total. The van der Waals surface area contributed by atoms with Crippen LogP contribution in [0.1, 0.15) is 35.5 Å². The number of nitrogens with zero attached hydrogens (tertiary/aromatic N) is 3. The van der Waals surface area contributed by atoms with E-state index in [1.165, 1.54) is 11.3 Å². The van der Waals surface area contributed by atoms with Crippen molar-refractivity contribution in [2.75, 3.05) is 31.6 Å². The van der Waals surface area contributed by atoms with Crippen LogP contribution < -0.4 is 5.32 Å². The van der Waals surface area contributed by atoms with E-state index in [2.05, 4.69) is 27.1 Å². The van der Waals surface area contributed by atoms with Crippen molar-refractivity contribution in [1.82, 2.24) is 14.9 Å². The second-order valence-corrected chi connectivity index (χ2v) is 6.70. The molecule has 0 spiro atoms. The molecule has 0 amide bonds. The van der Waals surface area contributed by atoms with E-state index in [4.69, 9.17) is 4.74 Å². The zero-order chi connectivity index (χ0) is 16.4. The van der Waals surface area contributed by atoms with E-state index in [9.17, 15) is 4.79 Å². The number of anilines is 1. The number of likely N-dealkylation sites (N-methyl/N-ethyl adjacent to an activating group) is 1. The third-order valence-corrected chi connectivity index (χ3v) is 5.43. The lowest BCUT2D eigenvalue weighted by Crippen LogP contribution is -2.26. The molecule has 1 N–H and O–H groups in total. The molecule has 3 heterocycles. The predicted molar refractivity (Wildman–Crippen MR) is 92.3 cm³/mol. The van der Waals surface area contributed by atoms with Gasteiger partial charge in [0.1, 0.15) is 21.9 Å². The number of aryl methyl sites for hydroxylation is 1. The number of nitrogens with one attached hydrogen (secondary N) is 1. The molecule has 1 saturated heterocycles. The monoisotopic (exact) mass is 334 g/mol. The Labute approximate surface area is 139 Å². The smallest absolute Gasteiger partial charge is 0.348 e. The van der Waals surface area contributed by atoms with Gasteiger partial charge in [-0.25, -0.2) is 14.8 Å². The van der Waals surface area contributed by atoms with Crippen LogP contribution in [0, 0.1) is 6.92 Å². The van der Waals surface area contributed by atoms with Crippen LogP contribution in [0.5, 0.6) is 0 Å². The molecule has 124 valence electrons. The molecular formula is C16H22N4O2S. The summed E-state index contributed by atoms with van der Waals surface area (Å²) in [5.74, 6) is 0.541. The maximum absolute atomic E-state index is 12.1. The first-order valence-corrected chi connectivity index (χ1v) is 8.85. The fourth-order valence-corrected chi connectivity index (χ4v) is 4.05. The summed E-state index contributed by atoms with van der Waals surface area (Å²) in [5, 5.41) is 4.48. The number of hydrogen-bond acceptors (Lipinski definition) is 7. The summed E-state index contributed by atoms with van der Waals surface area (Å²) in [6.07, 6.45) is 2.66. The Bertz CT molecular complexity index is 715. The number of hydrogen-bond donors (Lipinski definition) is 1. The fraction of sp³-hybridized carbons (Fsp3) is 0.562. The third kappa shape index (κ3) is 3.16. The van der Waals surface area contributed by atoms with Crippen molar-refractivity contribution in [3.63, 3.8) is 0 Å². The van der Waals surface area contributed by atoms with Crippen molar-refractivity contribution in [3.05, 3.63) is 16.8 Å². The highest BCUT2D eigenvalue weighted by Gasteiger charge is 2.24. The number of rotatable bonds is 5. The minimum atomic E-state index is -0.281. The molecule has 1 fully saturated rings. The van der Waals surface area contributed by atoms with E-state index < -0.39 is 0 Å². The summed E-state index contributed by atoms with van der Waals surface area (Å²) in [7, 11) is 0. The number of likely N-dealkylation sites (tertiary alicyclic amines) is 1. The summed E-state index contributed by atoms with van der Waals surface area (Å²) in [6, 6.07) is 0.387. The third-order valence-electron chi connectivity index (χ3n) is 4.25. The summed E-state index contributed by atoms with van der Waals surface area (Å²) < 4.78 is 5.14. The second kappa shape index (κ2) is 6.80. The Morgan fingerprint density at radius 2 is 2.30 bits per heavy atom. The average molecular weight is 334 g/mol. The highest BCUT2D eigenvalue weighted by Crippen LogP contribution is 2.34. The average Bonchev–Trinajstić information content (AvgIpc) is 3.13. The standard InChI is InChI=1S/C16H22N4O2S/c1-4-20-7-6-11(8-20)19-14-12-10(3)13(16(21)22-5-2)23-15(12)18-9-17-14/h9,11H,4-8H2,1-3H3,(H,17,18,19)/t11-/m0/s1.